The first-order valence-corrected chi connectivity index (χ1v) is 9.43. The maximum Gasteiger partial charge on any atom is 0.337 e. The maximum atomic E-state index is 11.6. The summed E-state index contributed by atoms with van der Waals surface area (Å²) in [6.07, 6.45) is 3.67. The van der Waals surface area contributed by atoms with Gasteiger partial charge in [-0.15, -0.1) is 0 Å². The molecule has 1 aromatic carbocycles. The van der Waals surface area contributed by atoms with Crippen LogP contribution in [-0.2, 0) is 4.74 Å². The Labute approximate surface area is 160 Å². The Morgan fingerprint density at radius 3 is 3.00 bits per heavy atom. The molecule has 1 unspecified atom stereocenters. The lowest BCUT2D eigenvalue weighted by molar-refractivity contribution is 0.0601. The third-order valence-electron chi connectivity index (χ3n) is 4.31. The highest BCUT2D eigenvalue weighted by Crippen LogP contribution is 2.23. The number of likely N-dealkylation sites (tertiary alicyclic amines) is 1. The van der Waals surface area contributed by atoms with Crippen LogP contribution in [0.1, 0.15) is 36.5 Å². The second-order valence-electron chi connectivity index (χ2n) is 6.47. The largest absolute Gasteiger partial charge is 0.465 e. The molecule has 0 amide bonds. The molecule has 1 aliphatic rings. The molecular weight excluding hydrogens is 358 g/mol. The Bertz CT molecular complexity index is 612. The van der Waals surface area contributed by atoms with Crippen molar-refractivity contribution in [1.29, 1.82) is 0 Å². The Hall–Kier alpha value is -1.37. The molecule has 1 fully saturated rings. The standard InChI is InChI=1S/C18H26ClN3O2S/c1-13-5-3-9-22(12-13)10-4-8-20-18(25)21-16-11-14(17(23)24-2)6-7-15(16)19/h6-7,11,13H,3-5,8-10,12H2,1-2H3,(H2,20,21,25). The number of benzene rings is 1. The van der Waals surface area contributed by atoms with Crippen LogP contribution in [0.2, 0.25) is 5.02 Å². The molecule has 0 saturated carbocycles. The molecule has 1 atom stereocenters. The molecule has 2 rings (SSSR count). The van der Waals surface area contributed by atoms with Crippen molar-refractivity contribution in [3.05, 3.63) is 28.8 Å². The summed E-state index contributed by atoms with van der Waals surface area (Å²) < 4.78 is 4.72. The average Bonchev–Trinajstić information content (AvgIpc) is 2.60. The van der Waals surface area contributed by atoms with Crippen molar-refractivity contribution in [1.82, 2.24) is 10.2 Å². The first-order chi connectivity index (χ1) is 12.0. The zero-order chi connectivity index (χ0) is 18.2. The maximum absolute atomic E-state index is 11.6. The fourth-order valence-electron chi connectivity index (χ4n) is 3.03. The van der Waals surface area contributed by atoms with Crippen molar-refractivity contribution >= 4 is 40.6 Å². The summed E-state index contributed by atoms with van der Waals surface area (Å²) in [5.41, 5.74) is 1.02. The van der Waals surface area contributed by atoms with Crippen LogP contribution in [0.5, 0.6) is 0 Å². The zero-order valence-corrected chi connectivity index (χ0v) is 16.4. The molecule has 1 aliphatic heterocycles. The molecule has 1 saturated heterocycles. The highest BCUT2D eigenvalue weighted by Gasteiger charge is 2.15. The summed E-state index contributed by atoms with van der Waals surface area (Å²) in [4.78, 5) is 14.1. The van der Waals surface area contributed by atoms with Gasteiger partial charge in [0.25, 0.3) is 0 Å². The van der Waals surface area contributed by atoms with Gasteiger partial charge in [0.15, 0.2) is 5.11 Å². The van der Waals surface area contributed by atoms with Crippen LogP contribution < -0.4 is 10.6 Å². The second kappa shape index (κ2) is 9.94. The van der Waals surface area contributed by atoms with Crippen LogP contribution in [-0.4, -0.2) is 49.3 Å². The van der Waals surface area contributed by atoms with Gasteiger partial charge in [-0.05, 0) is 68.7 Å². The van der Waals surface area contributed by atoms with Crippen molar-refractivity contribution in [3.8, 4) is 0 Å². The van der Waals surface area contributed by atoms with E-state index in [2.05, 4.69) is 22.5 Å². The lowest BCUT2D eigenvalue weighted by Crippen LogP contribution is -2.37. The molecule has 0 aromatic heterocycles. The van der Waals surface area contributed by atoms with Crippen molar-refractivity contribution in [2.24, 2.45) is 5.92 Å². The van der Waals surface area contributed by atoms with E-state index in [1.165, 1.54) is 33.0 Å². The first-order valence-electron chi connectivity index (χ1n) is 8.64. The molecule has 1 aromatic rings. The molecule has 25 heavy (non-hydrogen) atoms. The van der Waals surface area contributed by atoms with Crippen LogP contribution in [0.25, 0.3) is 0 Å². The minimum atomic E-state index is -0.408. The second-order valence-corrected chi connectivity index (χ2v) is 7.28. The van der Waals surface area contributed by atoms with Crippen LogP contribution in [0.4, 0.5) is 5.69 Å². The van der Waals surface area contributed by atoms with E-state index in [-0.39, 0.29) is 0 Å². The van der Waals surface area contributed by atoms with Gasteiger partial charge in [-0.2, -0.15) is 0 Å². The third kappa shape index (κ3) is 6.45. The van der Waals surface area contributed by atoms with Gasteiger partial charge in [0.2, 0.25) is 0 Å². The fourth-order valence-corrected chi connectivity index (χ4v) is 3.40. The van der Waals surface area contributed by atoms with E-state index >= 15 is 0 Å². The summed E-state index contributed by atoms with van der Waals surface area (Å²) in [6, 6.07) is 4.91. The monoisotopic (exact) mass is 383 g/mol. The minimum absolute atomic E-state index is 0.408. The predicted octanol–water partition coefficient (Wildman–Crippen LogP) is 3.54. The summed E-state index contributed by atoms with van der Waals surface area (Å²) >= 11 is 11.5. The SMILES string of the molecule is COC(=O)c1ccc(Cl)c(NC(=S)NCCCN2CCCC(C)C2)c1. The lowest BCUT2D eigenvalue weighted by Gasteiger charge is -2.30. The van der Waals surface area contributed by atoms with Gasteiger partial charge in [-0.1, -0.05) is 18.5 Å². The van der Waals surface area contributed by atoms with Crippen molar-refractivity contribution < 1.29 is 9.53 Å². The third-order valence-corrected chi connectivity index (χ3v) is 4.89. The van der Waals surface area contributed by atoms with Crippen LogP contribution in [0.15, 0.2) is 18.2 Å². The number of rotatable bonds is 6. The predicted molar refractivity (Wildman–Crippen MR) is 106 cm³/mol. The number of thiocarbonyl (C=S) groups is 1. The van der Waals surface area contributed by atoms with Gasteiger partial charge in [0.05, 0.1) is 23.4 Å². The Balaban J connectivity index is 1.75. The number of hydrogen-bond donors (Lipinski definition) is 2. The van der Waals surface area contributed by atoms with Gasteiger partial charge in [-0.25, -0.2) is 4.79 Å². The van der Waals surface area contributed by atoms with Crippen LogP contribution in [0.3, 0.4) is 0 Å². The summed E-state index contributed by atoms with van der Waals surface area (Å²) in [7, 11) is 1.35. The van der Waals surface area contributed by atoms with E-state index in [1.807, 2.05) is 0 Å². The molecule has 1 heterocycles. The number of halogens is 1. The highest BCUT2D eigenvalue weighted by atomic mass is 35.5. The number of ether oxygens (including phenoxy) is 1. The summed E-state index contributed by atoms with van der Waals surface area (Å²) in [5, 5.41) is 7.23. The van der Waals surface area contributed by atoms with E-state index in [9.17, 15) is 4.79 Å². The van der Waals surface area contributed by atoms with Gasteiger partial charge in [-0.3, -0.25) is 0 Å². The van der Waals surface area contributed by atoms with E-state index < -0.39 is 5.97 Å². The number of nitrogens with one attached hydrogen (secondary N) is 2. The normalized spacial score (nSPS) is 17.8. The van der Waals surface area contributed by atoms with Crippen LogP contribution in [0, 0.1) is 5.92 Å². The molecule has 0 aliphatic carbocycles. The topological polar surface area (TPSA) is 53.6 Å². The van der Waals surface area contributed by atoms with Gasteiger partial charge >= 0.3 is 5.97 Å². The van der Waals surface area contributed by atoms with Crippen molar-refractivity contribution in [3.63, 3.8) is 0 Å². The number of carbonyl (C=O) groups is 1. The molecule has 0 spiro atoms. The fraction of sp³-hybridized carbons (Fsp3) is 0.556. The number of piperidine rings is 1. The van der Waals surface area contributed by atoms with E-state index in [0.717, 1.165) is 25.4 Å². The van der Waals surface area contributed by atoms with E-state index in [4.69, 9.17) is 28.6 Å². The number of anilines is 1. The smallest absolute Gasteiger partial charge is 0.337 e. The number of methoxy groups -OCH3 is 1. The Kier molecular flexibility index (Phi) is 7.93. The van der Waals surface area contributed by atoms with Crippen molar-refractivity contribution in [2.45, 2.75) is 26.2 Å². The molecule has 0 bridgehead atoms. The molecule has 5 nitrogen and oxygen atoms in total. The molecule has 7 heteroatoms. The van der Waals surface area contributed by atoms with Gasteiger partial charge in [0, 0.05) is 13.1 Å². The Morgan fingerprint density at radius 1 is 1.48 bits per heavy atom. The highest BCUT2D eigenvalue weighted by molar-refractivity contribution is 7.80. The van der Waals surface area contributed by atoms with Gasteiger partial charge in [0.1, 0.15) is 0 Å². The summed E-state index contributed by atoms with van der Waals surface area (Å²) in [6.45, 7) is 6.58. The number of nitrogens with zero attached hydrogens (tertiary/aromatic N) is 1. The lowest BCUT2D eigenvalue weighted by atomic mass is 10.0. The number of carbonyl (C=O) groups excluding carboxylic acids is 1. The molecule has 138 valence electrons. The van der Waals surface area contributed by atoms with Crippen LogP contribution >= 0.6 is 23.8 Å². The summed E-state index contributed by atoms with van der Waals surface area (Å²) in [5.74, 6) is 0.392. The van der Waals surface area contributed by atoms with E-state index in [0.29, 0.717) is 21.4 Å². The molecule has 0 radical (unpaired) electrons. The Morgan fingerprint density at radius 2 is 2.28 bits per heavy atom. The molecule has 2 N–H and O–H groups in total. The number of esters is 1. The quantitative estimate of drug-likeness (QED) is 0.445. The molecular formula is C18H26ClN3O2S. The number of hydrogen-bond acceptors (Lipinski definition) is 4. The van der Waals surface area contributed by atoms with E-state index in [1.54, 1.807) is 18.2 Å². The minimum Gasteiger partial charge on any atom is -0.465 e. The van der Waals surface area contributed by atoms with Gasteiger partial charge < -0.3 is 20.3 Å². The average molecular weight is 384 g/mol. The first kappa shape index (κ1) is 19.9. The zero-order valence-electron chi connectivity index (χ0n) is 14.8. The van der Waals surface area contributed by atoms with Crippen molar-refractivity contribution in [2.75, 3.05) is 38.6 Å².